The van der Waals surface area contributed by atoms with Crippen molar-refractivity contribution in [2.45, 2.75) is 38.3 Å². The number of nitrogens with zero attached hydrogens (tertiary/aromatic N) is 1. The van der Waals surface area contributed by atoms with Crippen LogP contribution in [0.5, 0.6) is 0 Å². The Hall–Kier alpha value is -1.88. The molecule has 100 valence electrons. The monoisotopic (exact) mass is 258 g/mol. The number of rotatable bonds is 3. The number of fused-ring (bicyclic) bond motifs is 1. The number of aryl methyl sites for hydroxylation is 1. The second-order valence-electron chi connectivity index (χ2n) is 5.06. The van der Waals surface area contributed by atoms with E-state index < -0.39 is 0 Å². The van der Waals surface area contributed by atoms with Crippen LogP contribution in [0, 0.1) is 0 Å². The molecule has 0 aliphatic heterocycles. The highest BCUT2D eigenvalue weighted by Crippen LogP contribution is 2.29. The topological polar surface area (TPSA) is 73.6 Å². The molecule has 0 saturated carbocycles. The molecule has 2 aromatic rings. The lowest BCUT2D eigenvalue weighted by atomic mass is 9.91. The predicted octanol–water partition coefficient (Wildman–Crippen LogP) is 1.83. The molecule has 0 aromatic carbocycles. The lowest BCUT2D eigenvalue weighted by molar-refractivity contribution is 0.403. The first-order chi connectivity index (χ1) is 9.24. The Balaban J connectivity index is 1.82. The fourth-order valence-electron chi connectivity index (χ4n) is 2.77. The molecular weight excluding hydrogens is 240 g/mol. The predicted molar refractivity (Wildman–Crippen MR) is 72.9 cm³/mol. The van der Waals surface area contributed by atoms with E-state index in [-0.39, 0.29) is 17.6 Å². The van der Waals surface area contributed by atoms with E-state index in [0.29, 0.717) is 0 Å². The van der Waals surface area contributed by atoms with Crippen molar-refractivity contribution in [3.05, 3.63) is 52.0 Å². The van der Waals surface area contributed by atoms with Crippen LogP contribution in [0.25, 0.3) is 0 Å². The number of nitrogens with one attached hydrogen (secondary N) is 3. The summed E-state index contributed by atoms with van der Waals surface area (Å²) in [7, 11) is 0. The summed E-state index contributed by atoms with van der Waals surface area (Å²) in [4.78, 5) is 21.7. The Bertz CT molecular complexity index is 602. The number of aromatic nitrogens is 3. The van der Waals surface area contributed by atoms with Gasteiger partial charge in [-0.1, -0.05) is 6.07 Å². The van der Waals surface area contributed by atoms with Crippen LogP contribution in [0.2, 0.25) is 0 Å². The van der Waals surface area contributed by atoms with Crippen LogP contribution >= 0.6 is 0 Å². The van der Waals surface area contributed by atoms with E-state index in [9.17, 15) is 4.79 Å². The van der Waals surface area contributed by atoms with Gasteiger partial charge >= 0.3 is 0 Å². The van der Waals surface area contributed by atoms with Crippen molar-refractivity contribution in [2.24, 2.45) is 0 Å². The average Bonchev–Trinajstić information content (AvgIpc) is 2.92. The molecule has 1 aliphatic carbocycles. The number of H-pyrrole nitrogens is 2. The summed E-state index contributed by atoms with van der Waals surface area (Å²) in [6.45, 7) is 2.10. The molecule has 2 heterocycles. The van der Waals surface area contributed by atoms with Gasteiger partial charge in [0, 0.05) is 30.2 Å². The van der Waals surface area contributed by atoms with Crippen molar-refractivity contribution < 1.29 is 0 Å². The zero-order chi connectivity index (χ0) is 13.2. The largest absolute Gasteiger partial charge is 0.347 e. The second-order valence-corrected chi connectivity index (χ2v) is 5.06. The molecule has 0 bridgehead atoms. The Labute approximate surface area is 111 Å². The molecule has 0 amide bonds. The summed E-state index contributed by atoms with van der Waals surface area (Å²) in [5.74, 6) is 0.941. The molecule has 2 unspecified atom stereocenters. The number of aromatic amines is 2. The molecule has 2 atom stereocenters. The van der Waals surface area contributed by atoms with Crippen LogP contribution < -0.4 is 10.9 Å². The minimum atomic E-state index is -0.0153. The van der Waals surface area contributed by atoms with E-state index in [2.05, 4.69) is 27.2 Å². The molecule has 3 N–H and O–H groups in total. The molecule has 0 spiro atoms. The molecule has 3 rings (SSSR count). The van der Waals surface area contributed by atoms with Crippen molar-refractivity contribution in [1.29, 1.82) is 0 Å². The highest BCUT2D eigenvalue weighted by molar-refractivity contribution is 5.26. The maximum absolute atomic E-state index is 11.4. The summed E-state index contributed by atoms with van der Waals surface area (Å²) in [5.41, 5.74) is 2.27. The van der Waals surface area contributed by atoms with E-state index >= 15 is 0 Å². The molecule has 0 fully saturated rings. The summed E-state index contributed by atoms with van der Waals surface area (Å²) in [6, 6.07) is 3.99. The van der Waals surface area contributed by atoms with Gasteiger partial charge < -0.3 is 15.3 Å². The van der Waals surface area contributed by atoms with Gasteiger partial charge in [-0.3, -0.25) is 4.79 Å². The molecule has 19 heavy (non-hydrogen) atoms. The lowest BCUT2D eigenvalue weighted by Gasteiger charge is -2.28. The van der Waals surface area contributed by atoms with E-state index in [1.807, 2.05) is 12.3 Å². The van der Waals surface area contributed by atoms with Crippen molar-refractivity contribution in [2.75, 3.05) is 0 Å². The third kappa shape index (κ3) is 2.46. The molecule has 0 radical (unpaired) electrons. The summed E-state index contributed by atoms with van der Waals surface area (Å²) in [5, 5.41) is 3.58. The van der Waals surface area contributed by atoms with Crippen molar-refractivity contribution in [1.82, 2.24) is 20.3 Å². The van der Waals surface area contributed by atoms with Crippen molar-refractivity contribution in [3.8, 4) is 0 Å². The summed E-state index contributed by atoms with van der Waals surface area (Å²) in [6.07, 6.45) is 6.73. The van der Waals surface area contributed by atoms with Gasteiger partial charge in [-0.15, -0.1) is 0 Å². The Morgan fingerprint density at radius 3 is 3.16 bits per heavy atom. The van der Waals surface area contributed by atoms with Crippen molar-refractivity contribution in [3.63, 3.8) is 0 Å². The Morgan fingerprint density at radius 1 is 1.47 bits per heavy atom. The summed E-state index contributed by atoms with van der Waals surface area (Å²) < 4.78 is 0. The fourth-order valence-corrected chi connectivity index (χ4v) is 2.77. The van der Waals surface area contributed by atoms with Gasteiger partial charge in [-0.25, -0.2) is 4.98 Å². The van der Waals surface area contributed by atoms with Crippen LogP contribution in [0.15, 0.2) is 29.3 Å². The lowest BCUT2D eigenvalue weighted by Crippen LogP contribution is -2.29. The number of pyridine rings is 1. The van der Waals surface area contributed by atoms with E-state index in [1.54, 1.807) is 12.3 Å². The maximum Gasteiger partial charge on any atom is 0.248 e. The van der Waals surface area contributed by atoms with E-state index in [0.717, 1.165) is 30.8 Å². The molecule has 5 nitrogen and oxygen atoms in total. The molecular formula is C14H18N4O. The normalized spacial score (nSPS) is 19.9. The number of hydrogen-bond acceptors (Lipinski definition) is 3. The van der Waals surface area contributed by atoms with Gasteiger partial charge in [0.15, 0.2) is 0 Å². The quantitative estimate of drug-likeness (QED) is 0.786. The molecule has 2 aromatic heterocycles. The minimum absolute atomic E-state index is 0.0153. The molecule has 0 saturated heterocycles. The Kier molecular flexibility index (Phi) is 3.21. The number of hydrogen-bond donors (Lipinski definition) is 3. The molecule has 5 heteroatoms. The second kappa shape index (κ2) is 5.01. The van der Waals surface area contributed by atoms with E-state index in [4.69, 9.17) is 0 Å². The summed E-state index contributed by atoms with van der Waals surface area (Å²) >= 11 is 0. The van der Waals surface area contributed by atoms with Crippen LogP contribution in [-0.2, 0) is 6.42 Å². The highest BCUT2D eigenvalue weighted by atomic mass is 16.1. The highest BCUT2D eigenvalue weighted by Gasteiger charge is 2.22. The fraction of sp³-hybridized carbons (Fsp3) is 0.429. The van der Waals surface area contributed by atoms with Crippen LogP contribution in [0.1, 0.15) is 48.9 Å². The van der Waals surface area contributed by atoms with E-state index in [1.165, 1.54) is 5.56 Å². The number of imidazole rings is 1. The van der Waals surface area contributed by atoms with Crippen LogP contribution in [0.4, 0.5) is 0 Å². The van der Waals surface area contributed by atoms with Gasteiger partial charge in [0.25, 0.3) is 0 Å². The van der Waals surface area contributed by atoms with Gasteiger partial charge in [-0.05, 0) is 31.7 Å². The first kappa shape index (κ1) is 12.2. The van der Waals surface area contributed by atoms with Crippen molar-refractivity contribution >= 4 is 0 Å². The van der Waals surface area contributed by atoms with Gasteiger partial charge in [0.1, 0.15) is 5.82 Å². The van der Waals surface area contributed by atoms with Gasteiger partial charge in [0.05, 0.1) is 6.04 Å². The SMILES string of the molecule is CC(NC1CCCc2[nH]c(=O)ccc21)c1ncc[nH]1. The van der Waals surface area contributed by atoms with Gasteiger partial charge in [-0.2, -0.15) is 0 Å². The maximum atomic E-state index is 11.4. The third-order valence-corrected chi connectivity index (χ3v) is 3.71. The Morgan fingerprint density at radius 2 is 2.37 bits per heavy atom. The first-order valence-electron chi connectivity index (χ1n) is 6.71. The first-order valence-corrected chi connectivity index (χ1v) is 6.71. The van der Waals surface area contributed by atoms with Crippen LogP contribution in [0.3, 0.4) is 0 Å². The minimum Gasteiger partial charge on any atom is -0.347 e. The van der Waals surface area contributed by atoms with Gasteiger partial charge in [0.2, 0.25) is 5.56 Å². The average molecular weight is 258 g/mol. The van der Waals surface area contributed by atoms with Crippen LogP contribution in [-0.4, -0.2) is 15.0 Å². The zero-order valence-corrected chi connectivity index (χ0v) is 10.9. The molecule has 1 aliphatic rings. The smallest absolute Gasteiger partial charge is 0.248 e. The third-order valence-electron chi connectivity index (χ3n) is 3.71. The standard InChI is InChI=1S/C14H18N4O/c1-9(14-15-7-8-16-14)17-11-3-2-4-12-10(11)5-6-13(19)18-12/h5-9,11,17H,2-4H2,1H3,(H,15,16)(H,18,19). The zero-order valence-electron chi connectivity index (χ0n) is 10.9.